The van der Waals surface area contributed by atoms with Crippen molar-refractivity contribution in [2.75, 3.05) is 0 Å². The molecule has 2 aromatic rings. The predicted octanol–water partition coefficient (Wildman–Crippen LogP) is 3.74. The van der Waals surface area contributed by atoms with E-state index in [0.717, 1.165) is 5.39 Å². The summed E-state index contributed by atoms with van der Waals surface area (Å²) in [6, 6.07) is 3.52. The van der Waals surface area contributed by atoms with Crippen LogP contribution in [0.25, 0.3) is 10.1 Å². The molecule has 1 aromatic heterocycles. The Kier molecular flexibility index (Phi) is 2.04. The van der Waals surface area contributed by atoms with Crippen LogP contribution in [0.2, 0.25) is 0 Å². The minimum Gasteiger partial charge on any atom is -0.203 e. The van der Waals surface area contributed by atoms with Crippen LogP contribution >= 0.6 is 11.3 Å². The topological polar surface area (TPSA) is 0 Å². The number of thiophene rings is 1. The van der Waals surface area contributed by atoms with Crippen molar-refractivity contribution in [2.45, 2.75) is 13.3 Å². The summed E-state index contributed by atoms with van der Waals surface area (Å²) in [5.74, 6) is -1.40. The lowest BCUT2D eigenvalue weighted by atomic mass is 10.1. The Morgan fingerprint density at radius 1 is 1.31 bits per heavy atom. The molecule has 0 N–H and O–H groups in total. The molecule has 0 radical (unpaired) electrons. The van der Waals surface area contributed by atoms with Gasteiger partial charge in [0.1, 0.15) is 0 Å². The van der Waals surface area contributed by atoms with Gasteiger partial charge in [-0.2, -0.15) is 0 Å². The zero-order chi connectivity index (χ0) is 9.42. The van der Waals surface area contributed by atoms with Gasteiger partial charge in [-0.3, -0.25) is 0 Å². The summed E-state index contributed by atoms with van der Waals surface area (Å²) in [7, 11) is 0. The smallest absolute Gasteiger partial charge is 0.176 e. The largest absolute Gasteiger partial charge is 0.203 e. The summed E-state index contributed by atoms with van der Waals surface area (Å²) in [6.07, 6.45) is 0.522. The zero-order valence-corrected chi connectivity index (χ0v) is 7.92. The highest BCUT2D eigenvalue weighted by molar-refractivity contribution is 7.17. The van der Waals surface area contributed by atoms with E-state index in [4.69, 9.17) is 0 Å². The van der Waals surface area contributed by atoms with Crippen molar-refractivity contribution in [3.63, 3.8) is 0 Å². The molecule has 68 valence electrons. The first kappa shape index (κ1) is 8.63. The Hall–Kier alpha value is -0.960. The number of hydrogen-bond donors (Lipinski definition) is 0. The van der Waals surface area contributed by atoms with Crippen LogP contribution < -0.4 is 0 Å². The first-order chi connectivity index (χ1) is 6.24. The van der Waals surface area contributed by atoms with Gasteiger partial charge in [-0.15, -0.1) is 11.3 Å². The zero-order valence-electron chi connectivity index (χ0n) is 7.10. The Morgan fingerprint density at radius 3 is 2.77 bits per heavy atom. The number of rotatable bonds is 1. The van der Waals surface area contributed by atoms with Crippen LogP contribution in [-0.4, -0.2) is 0 Å². The molecule has 0 saturated heterocycles. The third kappa shape index (κ3) is 1.23. The van der Waals surface area contributed by atoms with Crippen molar-refractivity contribution in [1.29, 1.82) is 0 Å². The fourth-order valence-corrected chi connectivity index (χ4v) is 2.17. The summed E-state index contributed by atoms with van der Waals surface area (Å²) in [5, 5.41) is 2.56. The fourth-order valence-electron chi connectivity index (χ4n) is 1.36. The molecule has 0 bridgehead atoms. The van der Waals surface area contributed by atoms with Crippen LogP contribution in [0.5, 0.6) is 0 Å². The highest BCUT2D eigenvalue weighted by Gasteiger charge is 2.12. The molecule has 0 spiro atoms. The maximum absolute atomic E-state index is 13.3. The first-order valence-electron chi connectivity index (χ1n) is 4.08. The second kappa shape index (κ2) is 3.07. The SMILES string of the molecule is CCc1cc2ccsc2c(F)c1F. The van der Waals surface area contributed by atoms with E-state index < -0.39 is 11.6 Å². The number of benzene rings is 1. The van der Waals surface area contributed by atoms with Crippen LogP contribution in [0.4, 0.5) is 8.78 Å². The highest BCUT2D eigenvalue weighted by Crippen LogP contribution is 2.28. The maximum Gasteiger partial charge on any atom is 0.176 e. The van der Waals surface area contributed by atoms with Gasteiger partial charge in [0.05, 0.1) is 4.70 Å². The molecule has 0 aliphatic heterocycles. The molecule has 3 heteroatoms. The molecule has 2 rings (SSSR count). The van der Waals surface area contributed by atoms with Crippen molar-refractivity contribution >= 4 is 21.4 Å². The van der Waals surface area contributed by atoms with E-state index in [-0.39, 0.29) is 0 Å². The van der Waals surface area contributed by atoms with E-state index >= 15 is 0 Å². The molecule has 0 fully saturated rings. The van der Waals surface area contributed by atoms with Crippen molar-refractivity contribution in [1.82, 2.24) is 0 Å². The molecule has 0 saturated carbocycles. The number of halogens is 2. The highest BCUT2D eigenvalue weighted by atomic mass is 32.1. The first-order valence-corrected chi connectivity index (χ1v) is 4.96. The standard InChI is InChI=1S/C10H8F2S/c1-2-6-5-7-3-4-13-10(7)9(12)8(6)11/h3-5H,2H2,1H3. The summed E-state index contributed by atoms with van der Waals surface area (Å²) in [4.78, 5) is 0. The molecule has 0 amide bonds. The van der Waals surface area contributed by atoms with Gasteiger partial charge in [0.25, 0.3) is 0 Å². The molecule has 0 nitrogen and oxygen atoms in total. The van der Waals surface area contributed by atoms with Gasteiger partial charge in [0.2, 0.25) is 0 Å². The molecule has 13 heavy (non-hydrogen) atoms. The van der Waals surface area contributed by atoms with E-state index in [9.17, 15) is 8.78 Å². The molecule has 0 aliphatic carbocycles. The van der Waals surface area contributed by atoms with Crippen LogP contribution in [0.3, 0.4) is 0 Å². The number of hydrogen-bond acceptors (Lipinski definition) is 1. The molecule has 1 heterocycles. The van der Waals surface area contributed by atoms with Gasteiger partial charge >= 0.3 is 0 Å². The van der Waals surface area contributed by atoms with Crippen molar-refractivity contribution < 1.29 is 8.78 Å². The Morgan fingerprint density at radius 2 is 2.08 bits per heavy atom. The average molecular weight is 198 g/mol. The summed E-state index contributed by atoms with van der Waals surface area (Å²) in [6.45, 7) is 1.82. The van der Waals surface area contributed by atoms with Gasteiger partial charge in [0.15, 0.2) is 11.6 Å². The second-order valence-electron chi connectivity index (χ2n) is 2.86. The van der Waals surface area contributed by atoms with E-state index in [0.29, 0.717) is 16.7 Å². The lowest BCUT2D eigenvalue weighted by molar-refractivity contribution is 0.509. The second-order valence-corrected chi connectivity index (χ2v) is 3.77. The van der Waals surface area contributed by atoms with E-state index in [1.807, 2.05) is 13.0 Å². The molecule has 0 unspecified atom stereocenters. The molecular weight excluding hydrogens is 190 g/mol. The van der Waals surface area contributed by atoms with E-state index in [1.165, 1.54) is 11.3 Å². The van der Waals surface area contributed by atoms with Gasteiger partial charge < -0.3 is 0 Å². The molecule has 0 aliphatic rings. The predicted molar refractivity (Wildman–Crippen MR) is 51.1 cm³/mol. The Balaban J connectivity index is 2.83. The lowest BCUT2D eigenvalue weighted by Gasteiger charge is -2.01. The van der Waals surface area contributed by atoms with Crippen LogP contribution in [-0.2, 0) is 6.42 Å². The Labute approximate surface area is 78.8 Å². The van der Waals surface area contributed by atoms with Crippen molar-refractivity contribution in [3.05, 3.63) is 34.7 Å². The molecule has 1 aromatic carbocycles. The maximum atomic E-state index is 13.3. The number of aryl methyl sites for hydroxylation is 1. The third-order valence-corrected chi connectivity index (χ3v) is 3.00. The monoisotopic (exact) mass is 198 g/mol. The summed E-state index contributed by atoms with van der Waals surface area (Å²) >= 11 is 1.23. The minimum atomic E-state index is -0.704. The van der Waals surface area contributed by atoms with Gasteiger partial charge in [-0.05, 0) is 34.9 Å². The normalized spacial score (nSPS) is 11.0. The van der Waals surface area contributed by atoms with Crippen LogP contribution in [0, 0.1) is 11.6 Å². The van der Waals surface area contributed by atoms with Gasteiger partial charge in [0, 0.05) is 0 Å². The van der Waals surface area contributed by atoms with E-state index in [1.54, 1.807) is 11.4 Å². The van der Waals surface area contributed by atoms with Crippen LogP contribution in [0.1, 0.15) is 12.5 Å². The van der Waals surface area contributed by atoms with E-state index in [2.05, 4.69) is 0 Å². The van der Waals surface area contributed by atoms with Crippen molar-refractivity contribution in [3.8, 4) is 0 Å². The molecular formula is C10H8F2S. The van der Waals surface area contributed by atoms with Gasteiger partial charge in [-0.25, -0.2) is 8.78 Å². The van der Waals surface area contributed by atoms with Gasteiger partial charge in [-0.1, -0.05) is 6.92 Å². The quantitative estimate of drug-likeness (QED) is 0.654. The lowest BCUT2D eigenvalue weighted by Crippen LogP contribution is -1.92. The molecule has 0 atom stereocenters. The van der Waals surface area contributed by atoms with Crippen LogP contribution in [0.15, 0.2) is 17.5 Å². The summed E-state index contributed by atoms with van der Waals surface area (Å²) in [5.41, 5.74) is 0.448. The van der Waals surface area contributed by atoms with Crippen molar-refractivity contribution in [2.24, 2.45) is 0 Å². The number of fused-ring (bicyclic) bond motifs is 1. The minimum absolute atomic E-state index is 0.412. The Bertz CT molecular complexity index is 445. The summed E-state index contributed by atoms with van der Waals surface area (Å²) < 4.78 is 27.0. The third-order valence-electron chi connectivity index (χ3n) is 2.08. The average Bonchev–Trinajstić information content (AvgIpc) is 2.59. The fraction of sp³-hybridized carbons (Fsp3) is 0.200.